The van der Waals surface area contributed by atoms with Crippen LogP contribution < -0.4 is 10.1 Å². The third kappa shape index (κ3) is 5.69. The van der Waals surface area contributed by atoms with Crippen molar-refractivity contribution in [2.24, 2.45) is 0 Å². The van der Waals surface area contributed by atoms with Crippen molar-refractivity contribution in [1.29, 1.82) is 0 Å². The van der Waals surface area contributed by atoms with Gasteiger partial charge in [-0.05, 0) is 36.8 Å². The van der Waals surface area contributed by atoms with Crippen LogP contribution in [-0.4, -0.2) is 62.0 Å². The molecule has 2 amide bonds. The van der Waals surface area contributed by atoms with E-state index in [0.29, 0.717) is 34.8 Å². The van der Waals surface area contributed by atoms with Crippen molar-refractivity contribution < 1.29 is 14.3 Å². The molecule has 0 spiro atoms. The van der Waals surface area contributed by atoms with Crippen LogP contribution in [0.4, 0.5) is 5.69 Å². The third-order valence-corrected chi connectivity index (χ3v) is 7.24. The van der Waals surface area contributed by atoms with Gasteiger partial charge >= 0.3 is 0 Å². The first-order valence-corrected chi connectivity index (χ1v) is 12.6. The molecule has 33 heavy (non-hydrogen) atoms. The molecule has 1 aromatic heterocycles. The second-order valence-electron chi connectivity index (χ2n) is 7.49. The van der Waals surface area contributed by atoms with E-state index in [1.807, 2.05) is 41.8 Å². The van der Waals surface area contributed by atoms with Crippen molar-refractivity contribution >= 4 is 41.0 Å². The van der Waals surface area contributed by atoms with E-state index < -0.39 is 6.04 Å². The van der Waals surface area contributed by atoms with Gasteiger partial charge in [-0.25, -0.2) is 0 Å². The summed E-state index contributed by atoms with van der Waals surface area (Å²) in [4.78, 5) is 27.5. The molecule has 0 bridgehead atoms. The first-order chi connectivity index (χ1) is 16.0. The van der Waals surface area contributed by atoms with Crippen LogP contribution in [0, 0.1) is 6.92 Å². The topological polar surface area (TPSA) is 89.3 Å². The minimum atomic E-state index is -0.505. The largest absolute Gasteiger partial charge is 0.497 e. The van der Waals surface area contributed by atoms with E-state index in [1.165, 1.54) is 11.8 Å². The molecule has 1 fully saturated rings. The van der Waals surface area contributed by atoms with Gasteiger partial charge in [-0.2, -0.15) is 0 Å². The summed E-state index contributed by atoms with van der Waals surface area (Å²) in [5.74, 6) is 2.49. The second-order valence-corrected chi connectivity index (χ2v) is 9.43. The maximum atomic E-state index is 13.0. The monoisotopic (exact) mass is 483 g/mol. The molecule has 2 aromatic carbocycles. The number of carbonyl (C=O) groups is 2. The van der Waals surface area contributed by atoms with Gasteiger partial charge in [0.2, 0.25) is 11.8 Å². The molecule has 172 valence electrons. The number of nitrogens with one attached hydrogen (secondary N) is 1. The molecule has 0 aliphatic carbocycles. The number of hydrogen-bond acceptors (Lipinski definition) is 7. The molecule has 4 rings (SSSR count). The Bertz CT molecular complexity index is 1110. The maximum Gasteiger partial charge on any atom is 0.248 e. The Morgan fingerprint density at radius 3 is 2.64 bits per heavy atom. The van der Waals surface area contributed by atoms with E-state index in [-0.39, 0.29) is 17.6 Å². The summed E-state index contributed by atoms with van der Waals surface area (Å²) in [6, 6.07) is 16.7. The fourth-order valence-electron chi connectivity index (χ4n) is 3.43. The average Bonchev–Trinajstić information content (AvgIpc) is 3.46. The summed E-state index contributed by atoms with van der Waals surface area (Å²) < 4.78 is 7.15. The number of carbonyl (C=O) groups excluding carboxylic acids is 2. The van der Waals surface area contributed by atoms with Crippen LogP contribution in [0.1, 0.15) is 11.4 Å². The molecule has 1 aliphatic heterocycles. The lowest BCUT2D eigenvalue weighted by Crippen LogP contribution is -2.45. The Morgan fingerprint density at radius 1 is 1.15 bits per heavy atom. The highest BCUT2D eigenvalue weighted by molar-refractivity contribution is 8.00. The van der Waals surface area contributed by atoms with Crippen molar-refractivity contribution in [3.8, 4) is 5.75 Å². The van der Waals surface area contributed by atoms with E-state index >= 15 is 0 Å². The maximum absolute atomic E-state index is 13.0. The summed E-state index contributed by atoms with van der Waals surface area (Å²) >= 11 is 2.92. The highest BCUT2D eigenvalue weighted by Gasteiger charge is 2.34. The van der Waals surface area contributed by atoms with Gasteiger partial charge in [0, 0.05) is 11.4 Å². The van der Waals surface area contributed by atoms with E-state index in [2.05, 4.69) is 15.5 Å². The van der Waals surface area contributed by atoms with Gasteiger partial charge in [0.1, 0.15) is 17.6 Å². The fraction of sp³-hybridized carbons (Fsp3) is 0.304. The molecule has 1 saturated heterocycles. The summed E-state index contributed by atoms with van der Waals surface area (Å²) in [7, 11) is 1.59. The van der Waals surface area contributed by atoms with Gasteiger partial charge in [-0.3, -0.25) is 9.59 Å². The van der Waals surface area contributed by atoms with Crippen LogP contribution in [-0.2, 0) is 16.1 Å². The molecule has 8 nitrogen and oxygen atoms in total. The van der Waals surface area contributed by atoms with Gasteiger partial charge in [0.05, 0.1) is 25.3 Å². The fourth-order valence-corrected chi connectivity index (χ4v) is 5.48. The van der Waals surface area contributed by atoms with Crippen LogP contribution in [0.2, 0.25) is 0 Å². The van der Waals surface area contributed by atoms with Gasteiger partial charge in [0.15, 0.2) is 5.16 Å². The van der Waals surface area contributed by atoms with E-state index in [9.17, 15) is 9.59 Å². The Morgan fingerprint density at radius 2 is 1.91 bits per heavy atom. The molecule has 1 aliphatic rings. The molecule has 1 N–H and O–H groups in total. The smallest absolute Gasteiger partial charge is 0.248 e. The summed E-state index contributed by atoms with van der Waals surface area (Å²) in [5, 5.41) is 12.0. The Balaban J connectivity index is 1.36. The number of rotatable bonds is 8. The lowest BCUT2D eigenvalue weighted by molar-refractivity contribution is -0.134. The first kappa shape index (κ1) is 23.2. The SMILES string of the molecule is COc1ccc(NC(=O)C2CSCN2C(=O)CSc2nnc(C)n2Cc2ccccc2)cc1. The van der Waals surface area contributed by atoms with Crippen molar-refractivity contribution in [2.45, 2.75) is 24.7 Å². The van der Waals surface area contributed by atoms with Crippen LogP contribution in [0.25, 0.3) is 0 Å². The number of amides is 2. The minimum absolute atomic E-state index is 0.0909. The molecule has 0 radical (unpaired) electrons. The number of methoxy groups -OCH3 is 1. The van der Waals surface area contributed by atoms with Crippen molar-refractivity contribution in [1.82, 2.24) is 19.7 Å². The van der Waals surface area contributed by atoms with Crippen LogP contribution >= 0.6 is 23.5 Å². The molecule has 10 heteroatoms. The zero-order chi connectivity index (χ0) is 23.2. The summed E-state index contributed by atoms with van der Waals surface area (Å²) in [6.07, 6.45) is 0. The Labute approximate surface area is 201 Å². The van der Waals surface area contributed by atoms with E-state index in [4.69, 9.17) is 4.74 Å². The zero-order valence-electron chi connectivity index (χ0n) is 18.4. The van der Waals surface area contributed by atoms with Crippen molar-refractivity contribution in [3.63, 3.8) is 0 Å². The minimum Gasteiger partial charge on any atom is -0.497 e. The number of nitrogens with zero attached hydrogens (tertiary/aromatic N) is 4. The van der Waals surface area contributed by atoms with Gasteiger partial charge in [0.25, 0.3) is 0 Å². The predicted molar refractivity (Wildman–Crippen MR) is 131 cm³/mol. The first-order valence-electron chi connectivity index (χ1n) is 10.4. The number of hydrogen-bond donors (Lipinski definition) is 1. The number of aryl methyl sites for hydroxylation is 1. The molecule has 3 aromatic rings. The molecular formula is C23H25N5O3S2. The van der Waals surface area contributed by atoms with Crippen molar-refractivity contribution in [2.75, 3.05) is 29.8 Å². The second kappa shape index (κ2) is 10.8. The molecule has 2 heterocycles. The Hall–Kier alpha value is -2.98. The number of thioether (sulfide) groups is 2. The van der Waals surface area contributed by atoms with Gasteiger partial charge < -0.3 is 19.5 Å². The van der Waals surface area contributed by atoms with E-state index in [0.717, 1.165) is 11.4 Å². The van der Waals surface area contributed by atoms with Gasteiger partial charge in [-0.15, -0.1) is 22.0 Å². The predicted octanol–water partition coefficient (Wildman–Crippen LogP) is 3.28. The van der Waals surface area contributed by atoms with Gasteiger partial charge in [-0.1, -0.05) is 42.1 Å². The molecule has 1 atom stereocenters. The number of aromatic nitrogens is 3. The molecule has 0 saturated carbocycles. The normalized spacial score (nSPS) is 15.5. The number of ether oxygens (including phenoxy) is 1. The lowest BCUT2D eigenvalue weighted by Gasteiger charge is -2.23. The van der Waals surface area contributed by atoms with E-state index in [1.54, 1.807) is 48.0 Å². The quantitative estimate of drug-likeness (QED) is 0.492. The molecular weight excluding hydrogens is 458 g/mol. The standard InChI is InChI=1S/C23H25N5O3S2/c1-16-25-26-23(27(16)12-17-6-4-3-5-7-17)33-14-21(29)28-15-32-13-20(28)22(30)24-18-8-10-19(31-2)11-9-18/h3-11,20H,12-15H2,1-2H3,(H,24,30). The van der Waals surface area contributed by atoms with Crippen molar-refractivity contribution in [3.05, 3.63) is 66.0 Å². The van der Waals surface area contributed by atoms with Crippen LogP contribution in [0.15, 0.2) is 59.8 Å². The van der Waals surface area contributed by atoms with Crippen LogP contribution in [0.3, 0.4) is 0 Å². The highest BCUT2D eigenvalue weighted by Crippen LogP contribution is 2.26. The molecule has 1 unspecified atom stereocenters. The Kier molecular flexibility index (Phi) is 7.56. The van der Waals surface area contributed by atoms with Crippen LogP contribution in [0.5, 0.6) is 5.75 Å². The average molecular weight is 484 g/mol. The number of anilines is 1. The third-order valence-electron chi connectivity index (χ3n) is 5.27. The number of benzene rings is 2. The highest BCUT2D eigenvalue weighted by atomic mass is 32.2. The summed E-state index contributed by atoms with van der Waals surface area (Å²) in [6.45, 7) is 2.54. The zero-order valence-corrected chi connectivity index (χ0v) is 20.1. The lowest BCUT2D eigenvalue weighted by atomic mass is 10.2. The summed E-state index contributed by atoms with van der Waals surface area (Å²) in [5.41, 5.74) is 1.81.